The van der Waals surface area contributed by atoms with Gasteiger partial charge in [0.25, 0.3) is 0 Å². The van der Waals surface area contributed by atoms with Crippen LogP contribution in [0.15, 0.2) is 48.5 Å². The van der Waals surface area contributed by atoms with E-state index < -0.39 is 13.9 Å². The van der Waals surface area contributed by atoms with E-state index in [0.29, 0.717) is 35.8 Å². The summed E-state index contributed by atoms with van der Waals surface area (Å²) in [6, 6.07) is 14.2. The fourth-order valence-electron chi connectivity index (χ4n) is 3.05. The highest BCUT2D eigenvalue weighted by molar-refractivity contribution is 7.54. The lowest BCUT2D eigenvalue weighted by Gasteiger charge is -2.22. The average molecular weight is 439 g/mol. The maximum atomic E-state index is 13.6. The highest BCUT2D eigenvalue weighted by Crippen LogP contribution is 2.51. The van der Waals surface area contributed by atoms with Crippen LogP contribution >= 0.6 is 19.2 Å². The molecule has 1 heterocycles. The van der Waals surface area contributed by atoms with Crippen LogP contribution in [0.1, 0.15) is 31.7 Å². The molecule has 156 valence electrons. The third kappa shape index (κ3) is 6.23. The molecule has 1 fully saturated rings. The van der Waals surface area contributed by atoms with E-state index >= 15 is 0 Å². The van der Waals surface area contributed by atoms with Crippen molar-refractivity contribution in [2.24, 2.45) is 0 Å². The summed E-state index contributed by atoms with van der Waals surface area (Å²) in [5.41, 5.74) is 0.850. The molecule has 29 heavy (non-hydrogen) atoms. The number of rotatable bonds is 8. The molecule has 2 aromatic carbocycles. The zero-order chi connectivity index (χ0) is 20.9. The van der Waals surface area contributed by atoms with E-state index in [4.69, 9.17) is 30.1 Å². The zero-order valence-corrected chi connectivity index (χ0v) is 18.0. The topological polar surface area (TPSA) is 71.1 Å². The summed E-state index contributed by atoms with van der Waals surface area (Å²) in [5, 5.41) is 0.355. The molecule has 3 rings (SSSR count). The summed E-state index contributed by atoms with van der Waals surface area (Å²) >= 11 is 6.18. The molecule has 1 saturated heterocycles. The van der Waals surface area contributed by atoms with Crippen molar-refractivity contribution in [1.82, 2.24) is 0 Å². The van der Waals surface area contributed by atoms with Crippen molar-refractivity contribution in [3.63, 3.8) is 0 Å². The van der Waals surface area contributed by atoms with Crippen molar-refractivity contribution < 1.29 is 27.9 Å². The van der Waals surface area contributed by atoms with Gasteiger partial charge < -0.3 is 18.5 Å². The van der Waals surface area contributed by atoms with Gasteiger partial charge in [0.2, 0.25) is 6.29 Å². The van der Waals surface area contributed by atoms with E-state index in [1.165, 1.54) is 6.92 Å². The lowest BCUT2D eigenvalue weighted by atomic mass is 10.2. The Bertz CT molecular complexity index is 851. The Morgan fingerprint density at radius 2 is 1.76 bits per heavy atom. The second-order valence-electron chi connectivity index (χ2n) is 6.88. The lowest BCUT2D eigenvalue weighted by molar-refractivity contribution is -0.172. The Labute approximate surface area is 175 Å². The van der Waals surface area contributed by atoms with Crippen molar-refractivity contribution in [2.45, 2.75) is 45.5 Å². The predicted molar refractivity (Wildman–Crippen MR) is 111 cm³/mol. The normalized spacial score (nSPS) is 20.7. The Hall–Kier alpha value is -2.01. The monoisotopic (exact) mass is 438 g/mol. The minimum atomic E-state index is -3.59. The number of esters is 1. The average Bonchev–Trinajstić information content (AvgIpc) is 3.11. The molecule has 8 heteroatoms. The van der Waals surface area contributed by atoms with Crippen LogP contribution in [0, 0.1) is 6.92 Å². The molecule has 0 spiro atoms. The number of carbonyl (C=O) groups excluding carboxylic acids is 1. The summed E-state index contributed by atoms with van der Waals surface area (Å²) in [5.74, 6) is 0.412. The van der Waals surface area contributed by atoms with Gasteiger partial charge in [-0.2, -0.15) is 0 Å². The van der Waals surface area contributed by atoms with Gasteiger partial charge in [0.15, 0.2) is 0 Å². The Morgan fingerprint density at radius 1 is 1.10 bits per heavy atom. The molecule has 0 aromatic heterocycles. The van der Waals surface area contributed by atoms with Gasteiger partial charge in [-0.25, -0.2) is 4.57 Å². The van der Waals surface area contributed by atoms with Gasteiger partial charge >= 0.3 is 13.6 Å². The van der Waals surface area contributed by atoms with Crippen molar-refractivity contribution in [3.8, 4) is 11.5 Å². The number of hydrogen-bond donors (Lipinski definition) is 0. The molecule has 1 aliphatic rings. The van der Waals surface area contributed by atoms with Crippen LogP contribution in [0.4, 0.5) is 0 Å². The molecule has 3 unspecified atom stereocenters. The van der Waals surface area contributed by atoms with E-state index in [-0.39, 0.29) is 18.2 Å². The molecular weight excluding hydrogens is 415 g/mol. The maximum Gasteiger partial charge on any atom is 0.430 e. The van der Waals surface area contributed by atoms with E-state index in [9.17, 15) is 9.36 Å². The summed E-state index contributed by atoms with van der Waals surface area (Å²) in [6.07, 6.45) is 1.13. The van der Waals surface area contributed by atoms with Crippen LogP contribution in [-0.2, 0) is 18.8 Å². The Balaban J connectivity index is 1.72. The summed E-state index contributed by atoms with van der Waals surface area (Å²) in [6.45, 7) is 3.22. The maximum absolute atomic E-state index is 13.6. The van der Waals surface area contributed by atoms with Crippen LogP contribution in [0.5, 0.6) is 11.5 Å². The number of halogens is 1. The molecule has 2 aromatic rings. The van der Waals surface area contributed by atoms with E-state index in [2.05, 4.69) is 0 Å². The van der Waals surface area contributed by atoms with Crippen molar-refractivity contribution in [3.05, 3.63) is 59.1 Å². The summed E-state index contributed by atoms with van der Waals surface area (Å²) in [7, 11) is -3.59. The molecule has 1 aliphatic heterocycles. The molecule has 0 saturated carbocycles. The molecule has 0 N–H and O–H groups in total. The first kappa shape index (κ1) is 21.7. The largest absolute Gasteiger partial charge is 0.436 e. The van der Waals surface area contributed by atoms with Gasteiger partial charge in [-0.15, -0.1) is 0 Å². The second kappa shape index (κ2) is 9.66. The smallest absolute Gasteiger partial charge is 0.430 e. The summed E-state index contributed by atoms with van der Waals surface area (Å²) < 4.78 is 36.1. The molecule has 6 nitrogen and oxygen atoms in total. The molecule has 0 radical (unpaired) electrons. The number of hydrogen-bond acceptors (Lipinski definition) is 6. The number of carbonyl (C=O) groups is 1. The number of aryl methyl sites for hydroxylation is 1. The van der Waals surface area contributed by atoms with Crippen molar-refractivity contribution in [1.29, 1.82) is 0 Å². The lowest BCUT2D eigenvalue weighted by Crippen LogP contribution is -2.18. The first-order chi connectivity index (χ1) is 13.8. The van der Waals surface area contributed by atoms with E-state index in [1.807, 2.05) is 25.1 Å². The van der Waals surface area contributed by atoms with Crippen LogP contribution in [0.25, 0.3) is 0 Å². The van der Waals surface area contributed by atoms with Crippen LogP contribution in [-0.4, -0.2) is 24.5 Å². The zero-order valence-electron chi connectivity index (χ0n) is 16.4. The highest BCUT2D eigenvalue weighted by atomic mass is 35.5. The van der Waals surface area contributed by atoms with Gasteiger partial charge in [-0.05, 0) is 43.5 Å². The van der Waals surface area contributed by atoms with E-state index in [1.54, 1.807) is 30.3 Å². The molecule has 0 bridgehead atoms. The van der Waals surface area contributed by atoms with Gasteiger partial charge in [0.05, 0.1) is 17.3 Å². The molecule has 3 atom stereocenters. The van der Waals surface area contributed by atoms with Gasteiger partial charge in [-0.3, -0.25) is 4.79 Å². The van der Waals surface area contributed by atoms with Crippen molar-refractivity contribution >= 4 is 25.2 Å². The molecular formula is C21H24ClO6P. The van der Waals surface area contributed by atoms with Crippen LogP contribution in [0.2, 0.25) is 5.02 Å². The van der Waals surface area contributed by atoms with Gasteiger partial charge in [0, 0.05) is 13.3 Å². The number of ether oxygens (including phenoxy) is 2. The third-order valence-electron chi connectivity index (χ3n) is 4.50. The fourth-order valence-corrected chi connectivity index (χ4v) is 5.06. The predicted octanol–water partition coefficient (Wildman–Crippen LogP) is 5.76. The third-order valence-corrected chi connectivity index (χ3v) is 6.56. The number of para-hydroxylation sites is 2. The van der Waals surface area contributed by atoms with Crippen molar-refractivity contribution in [2.75, 3.05) is 6.16 Å². The molecule has 0 amide bonds. The summed E-state index contributed by atoms with van der Waals surface area (Å²) in [4.78, 5) is 11.1. The molecule has 0 aliphatic carbocycles. The van der Waals surface area contributed by atoms with Gasteiger partial charge in [-0.1, -0.05) is 41.9 Å². The Morgan fingerprint density at radius 3 is 2.45 bits per heavy atom. The second-order valence-corrected chi connectivity index (χ2v) is 9.32. The standard InChI is InChI=1S/C21H24ClO6P/c1-15-7-3-5-9-19(15)27-29(24,28-20-10-6-4-8-18(20)22)14-13-17-11-12-21(26-17)25-16(2)23/h3-10,17,21H,11-14H2,1-2H3. The first-order valence-electron chi connectivity index (χ1n) is 9.46. The highest BCUT2D eigenvalue weighted by Gasteiger charge is 2.34. The van der Waals surface area contributed by atoms with Gasteiger partial charge in [0.1, 0.15) is 11.5 Å². The van der Waals surface area contributed by atoms with E-state index in [0.717, 1.165) is 5.56 Å². The minimum absolute atomic E-state index is 0.129. The fraction of sp³-hybridized carbons (Fsp3) is 0.381. The number of benzene rings is 2. The SMILES string of the molecule is CC(=O)OC1CCC(CCP(=O)(Oc2ccccc2C)Oc2ccccc2Cl)O1. The van der Waals surface area contributed by atoms with Crippen LogP contribution < -0.4 is 9.05 Å². The minimum Gasteiger partial charge on any atom is -0.436 e. The van der Waals surface area contributed by atoms with Crippen LogP contribution in [0.3, 0.4) is 0 Å². The Kier molecular flexibility index (Phi) is 7.23. The first-order valence-corrected chi connectivity index (χ1v) is 11.6. The quantitative estimate of drug-likeness (QED) is 0.385.